The van der Waals surface area contributed by atoms with Gasteiger partial charge in [-0.1, -0.05) is 47.1 Å². The number of aliphatic hydroxyl groups is 5. The lowest BCUT2D eigenvalue weighted by atomic mass is 9.33. The first kappa shape index (κ1) is 43.5. The SMILES string of the molecule is CC1(C)C2CC[C@]3(C)C(C(=O)C=C4C5C[C@@](C)(C(=O)O)CC[C@]5(C)CC[C@]43C)[C@@]2(C)CC[C@@H]1O[C@@H]1O[C@H](C(=O)O)[C@@H](O)[C@H](O)[C@H]1O[C@@H]1O[C@H](C(=O)O)[C@@H](O)[C@H](O)[C@H]1O. The van der Waals surface area contributed by atoms with Crippen LogP contribution in [0.5, 0.6) is 0 Å². The van der Waals surface area contributed by atoms with Gasteiger partial charge in [-0.05, 0) is 110 Å². The van der Waals surface area contributed by atoms with Gasteiger partial charge >= 0.3 is 17.9 Å². The smallest absolute Gasteiger partial charge is 0.335 e. The number of hydrogen-bond acceptors (Lipinski definition) is 13. The molecule has 6 fully saturated rings. The Morgan fingerprint density at radius 2 is 1.28 bits per heavy atom. The summed E-state index contributed by atoms with van der Waals surface area (Å²) in [4.78, 5) is 51.3. The Labute approximate surface area is 337 Å². The van der Waals surface area contributed by atoms with Crippen molar-refractivity contribution in [3.05, 3.63) is 11.6 Å². The Balaban J connectivity index is 1.17. The monoisotopic (exact) mass is 822 g/mol. The third kappa shape index (κ3) is 6.25. The molecular formula is C42H62O16. The van der Waals surface area contributed by atoms with E-state index in [0.717, 1.165) is 37.7 Å². The summed E-state index contributed by atoms with van der Waals surface area (Å²) >= 11 is 0. The zero-order valence-electron chi connectivity index (χ0n) is 34.4. The van der Waals surface area contributed by atoms with Crippen LogP contribution in [0.1, 0.15) is 106 Å². The molecule has 0 aromatic carbocycles. The number of aliphatic carboxylic acids is 3. The van der Waals surface area contributed by atoms with E-state index in [2.05, 4.69) is 27.7 Å². The van der Waals surface area contributed by atoms with Crippen molar-refractivity contribution in [3.63, 3.8) is 0 Å². The standard InChI is InChI=1S/C42H62O16/c1-37(2)21-8-11-42(7)31(20(43)16-18-19-17-39(4,36(53)54)13-12-38(19,3)14-15-41(18,42)6)40(21,5)10-9-22(37)55-35-30(26(47)25(46)29(57-35)33(51)52)58-34-27(48)23(44)24(45)28(56-34)32(49)50/h16,19,21-31,34-35,44-48H,8-15,17H2,1-7H3,(H,49,50)(H,51,52)(H,53,54)/t19?,21?,22-,23-,24-,25-,26-,27+,28-,29-,30+,31?,34-,35+,38+,39-,40-,41+,42+/m0/s1. The van der Waals surface area contributed by atoms with Crippen LogP contribution in [0.25, 0.3) is 0 Å². The van der Waals surface area contributed by atoms with E-state index in [1.54, 1.807) is 0 Å². The highest BCUT2D eigenvalue weighted by Crippen LogP contribution is 2.75. The summed E-state index contributed by atoms with van der Waals surface area (Å²) in [6, 6.07) is 0. The van der Waals surface area contributed by atoms with Crippen molar-refractivity contribution >= 4 is 23.7 Å². The summed E-state index contributed by atoms with van der Waals surface area (Å²) in [6.07, 6.45) is -12.2. The second kappa shape index (κ2) is 14.3. The Kier molecular flexibility index (Phi) is 10.7. The second-order valence-electron chi connectivity index (χ2n) is 20.6. The molecule has 0 amide bonds. The number of aliphatic hydroxyl groups excluding tert-OH is 5. The number of carboxylic acid groups (broad SMARTS) is 3. The van der Waals surface area contributed by atoms with Crippen LogP contribution in [0.2, 0.25) is 0 Å². The van der Waals surface area contributed by atoms with Gasteiger partial charge in [0.1, 0.15) is 36.6 Å². The summed E-state index contributed by atoms with van der Waals surface area (Å²) in [5.74, 6) is -4.47. The number of allylic oxidation sites excluding steroid dienone is 2. The minimum Gasteiger partial charge on any atom is -0.481 e. The molecule has 16 heteroatoms. The van der Waals surface area contributed by atoms with Crippen molar-refractivity contribution < 1.29 is 79.0 Å². The molecule has 7 aliphatic rings. The molecule has 0 radical (unpaired) electrons. The van der Waals surface area contributed by atoms with Crippen molar-refractivity contribution in [3.8, 4) is 0 Å². The van der Waals surface area contributed by atoms with E-state index in [9.17, 15) is 60.0 Å². The van der Waals surface area contributed by atoms with Crippen LogP contribution in [-0.2, 0) is 38.1 Å². The average molecular weight is 823 g/mol. The first-order valence-electron chi connectivity index (χ1n) is 20.7. The number of carbonyl (C=O) groups excluding carboxylic acids is 1. The maximum absolute atomic E-state index is 14.8. The van der Waals surface area contributed by atoms with Gasteiger partial charge in [0.2, 0.25) is 0 Å². The molecule has 8 N–H and O–H groups in total. The van der Waals surface area contributed by atoms with Crippen LogP contribution in [0.3, 0.4) is 0 Å². The number of carboxylic acids is 3. The molecule has 0 aromatic rings. The normalized spacial score (nSPS) is 52.6. The molecule has 4 saturated carbocycles. The molecular weight excluding hydrogens is 760 g/mol. The van der Waals surface area contributed by atoms with Crippen LogP contribution in [0.4, 0.5) is 0 Å². The highest BCUT2D eigenvalue weighted by Gasteiger charge is 2.71. The molecule has 0 aromatic heterocycles. The molecule has 16 nitrogen and oxygen atoms in total. The Morgan fingerprint density at radius 1 is 0.690 bits per heavy atom. The fraction of sp³-hybridized carbons (Fsp3) is 0.857. The predicted octanol–water partition coefficient (Wildman–Crippen LogP) is 2.25. The third-order valence-corrected chi connectivity index (χ3v) is 17.2. The number of rotatable bonds is 7. The van der Waals surface area contributed by atoms with Gasteiger partial charge in [0.15, 0.2) is 30.6 Å². The summed E-state index contributed by atoms with van der Waals surface area (Å²) in [5.41, 5.74) is -1.81. The summed E-state index contributed by atoms with van der Waals surface area (Å²) in [7, 11) is 0. The van der Waals surface area contributed by atoms with Crippen molar-refractivity contribution in [1.82, 2.24) is 0 Å². The zero-order chi connectivity index (χ0) is 42.9. The first-order chi connectivity index (χ1) is 26.8. The lowest BCUT2D eigenvalue weighted by Crippen LogP contribution is -2.68. The van der Waals surface area contributed by atoms with Gasteiger partial charge in [-0.15, -0.1) is 0 Å². The van der Waals surface area contributed by atoms with Crippen LogP contribution < -0.4 is 0 Å². The fourth-order valence-corrected chi connectivity index (χ4v) is 13.4. The Bertz CT molecular complexity index is 1730. The Morgan fingerprint density at radius 3 is 1.88 bits per heavy atom. The molecule has 326 valence electrons. The number of hydrogen-bond donors (Lipinski definition) is 8. The number of carbonyl (C=O) groups is 4. The molecule has 2 aliphatic heterocycles. The molecule has 0 bridgehead atoms. The summed E-state index contributed by atoms with van der Waals surface area (Å²) < 4.78 is 23.4. The molecule has 58 heavy (non-hydrogen) atoms. The van der Waals surface area contributed by atoms with Crippen LogP contribution >= 0.6 is 0 Å². The van der Waals surface area contributed by atoms with Crippen molar-refractivity contribution in [1.29, 1.82) is 0 Å². The number of fused-ring (bicyclic) bond motifs is 7. The number of ether oxygens (including phenoxy) is 4. The summed E-state index contributed by atoms with van der Waals surface area (Å²) in [5, 5.41) is 83.0. The molecule has 2 saturated heterocycles. The van der Waals surface area contributed by atoms with Crippen LogP contribution in [-0.4, -0.2) is 132 Å². The largest absolute Gasteiger partial charge is 0.481 e. The Hall–Kier alpha value is -2.54. The van der Waals surface area contributed by atoms with E-state index in [1.165, 1.54) is 0 Å². The van der Waals surface area contributed by atoms with E-state index in [1.807, 2.05) is 26.8 Å². The van der Waals surface area contributed by atoms with Gasteiger partial charge in [-0.2, -0.15) is 0 Å². The molecule has 0 spiro atoms. The topological polar surface area (TPSA) is 267 Å². The second-order valence-corrected chi connectivity index (χ2v) is 20.6. The van der Waals surface area contributed by atoms with E-state index >= 15 is 0 Å². The van der Waals surface area contributed by atoms with E-state index in [0.29, 0.717) is 25.7 Å². The van der Waals surface area contributed by atoms with Crippen molar-refractivity contribution in [2.75, 3.05) is 0 Å². The maximum atomic E-state index is 14.8. The number of ketones is 1. The minimum absolute atomic E-state index is 0.0217. The van der Waals surface area contributed by atoms with Gasteiger partial charge in [-0.25, -0.2) is 9.59 Å². The molecule has 2 heterocycles. The van der Waals surface area contributed by atoms with Gasteiger partial charge in [0.25, 0.3) is 0 Å². The lowest BCUT2D eigenvalue weighted by Gasteiger charge is -2.70. The first-order valence-corrected chi connectivity index (χ1v) is 20.7. The van der Waals surface area contributed by atoms with Crippen molar-refractivity contribution in [2.45, 2.75) is 174 Å². The zero-order valence-corrected chi connectivity index (χ0v) is 34.4. The average Bonchev–Trinajstić information content (AvgIpc) is 3.13. The van der Waals surface area contributed by atoms with Gasteiger partial charge in [0, 0.05) is 5.92 Å². The van der Waals surface area contributed by atoms with E-state index < -0.39 is 107 Å². The lowest BCUT2D eigenvalue weighted by molar-refractivity contribution is -0.371. The highest BCUT2D eigenvalue weighted by atomic mass is 16.8. The fourth-order valence-electron chi connectivity index (χ4n) is 13.4. The molecule has 5 aliphatic carbocycles. The van der Waals surface area contributed by atoms with E-state index in [4.69, 9.17) is 18.9 Å². The van der Waals surface area contributed by atoms with Gasteiger partial charge < -0.3 is 59.8 Å². The van der Waals surface area contributed by atoms with Gasteiger partial charge in [0.05, 0.1) is 11.5 Å². The van der Waals surface area contributed by atoms with E-state index in [-0.39, 0.29) is 34.4 Å². The maximum Gasteiger partial charge on any atom is 0.335 e. The highest BCUT2D eigenvalue weighted by molar-refractivity contribution is 5.95. The molecule has 19 atom stereocenters. The predicted molar refractivity (Wildman–Crippen MR) is 199 cm³/mol. The third-order valence-electron chi connectivity index (χ3n) is 17.2. The quantitative estimate of drug-likeness (QED) is 0.171. The minimum atomic E-state index is -2.05. The van der Waals surface area contributed by atoms with Crippen LogP contribution in [0.15, 0.2) is 11.6 Å². The van der Waals surface area contributed by atoms with Crippen LogP contribution in [0, 0.1) is 50.2 Å². The molecule has 3 unspecified atom stereocenters. The van der Waals surface area contributed by atoms with Crippen molar-refractivity contribution in [2.24, 2.45) is 50.2 Å². The molecule has 7 rings (SSSR count). The summed E-state index contributed by atoms with van der Waals surface area (Å²) in [6.45, 7) is 14.8. The van der Waals surface area contributed by atoms with Gasteiger partial charge in [-0.3, -0.25) is 9.59 Å².